The number of aliphatic hydroxyl groups excluding tert-OH is 1. The van der Waals surface area contributed by atoms with Crippen LogP contribution in [0.4, 0.5) is 11.4 Å². The maximum absolute atomic E-state index is 14.4. The van der Waals surface area contributed by atoms with Gasteiger partial charge < -0.3 is 40.9 Å². The first-order chi connectivity index (χ1) is 52.9. The number of likely N-dealkylation sites (tertiary alicyclic amines) is 1. The quantitative estimate of drug-likeness (QED) is 0.0231. The van der Waals surface area contributed by atoms with Crippen LogP contribution in [0, 0.1) is 17.8 Å². The Labute approximate surface area is 654 Å². The molecule has 4 aliphatic carbocycles. The third-order valence-electron chi connectivity index (χ3n) is 21.7. The number of anilines is 2. The summed E-state index contributed by atoms with van der Waals surface area (Å²) in [6, 6.07) is 39.4. The van der Waals surface area contributed by atoms with E-state index >= 15 is 0 Å². The summed E-state index contributed by atoms with van der Waals surface area (Å²) >= 11 is 9.28. The monoisotopic (exact) mass is 1590 g/mol. The van der Waals surface area contributed by atoms with Gasteiger partial charge in [0.1, 0.15) is 47.2 Å². The van der Waals surface area contributed by atoms with Crippen molar-refractivity contribution >= 4 is 123 Å². The molecule has 10 atom stereocenters. The topological polar surface area (TPSA) is 330 Å². The molecule has 8 aromatic rings. The van der Waals surface area contributed by atoms with E-state index in [0.29, 0.717) is 73.6 Å². The molecule has 0 radical (unpaired) electrons. The van der Waals surface area contributed by atoms with E-state index in [4.69, 9.17) is 26.3 Å². The zero-order valence-corrected chi connectivity index (χ0v) is 65.7. The Morgan fingerprint density at radius 1 is 0.700 bits per heavy atom. The molecule has 2 saturated heterocycles. The molecule has 29 heteroatoms. The number of thiophene rings is 2. The van der Waals surface area contributed by atoms with Crippen molar-refractivity contribution in [2.24, 2.45) is 17.8 Å². The minimum atomic E-state index is -3.89. The minimum absolute atomic E-state index is 0.0130. The summed E-state index contributed by atoms with van der Waals surface area (Å²) in [6.45, 7) is 3.51. The van der Waals surface area contributed by atoms with Gasteiger partial charge in [0.25, 0.3) is 5.91 Å². The number of aromatic nitrogens is 4. The summed E-state index contributed by atoms with van der Waals surface area (Å²) in [4.78, 5) is 105. The third-order valence-corrected chi connectivity index (χ3v) is 28.1. The Morgan fingerprint density at radius 3 is 1.95 bits per heavy atom. The number of hydrogen-bond acceptors (Lipinski definition) is 20. The van der Waals surface area contributed by atoms with Gasteiger partial charge in [0.2, 0.25) is 55.5 Å². The number of ether oxygens (including phenoxy) is 1. The number of hydrogen-bond donors (Lipinski definition) is 7. The lowest BCUT2D eigenvalue weighted by Crippen LogP contribution is -2.58. The molecule has 4 saturated carbocycles. The molecule has 15 rings (SSSR count). The van der Waals surface area contributed by atoms with Gasteiger partial charge in [0.15, 0.2) is 5.15 Å². The second-order valence-electron chi connectivity index (χ2n) is 30.0. The molecule has 4 aromatic carbocycles. The van der Waals surface area contributed by atoms with E-state index in [-0.39, 0.29) is 61.4 Å². The fraction of sp³-hybridized carbons (Fsp3) is 0.432. The molecule has 580 valence electrons. The lowest BCUT2D eigenvalue weighted by atomic mass is 10.0. The lowest BCUT2D eigenvalue weighted by molar-refractivity contribution is -0.140. The van der Waals surface area contributed by atoms with Crippen LogP contribution in [0.25, 0.3) is 43.2 Å². The molecule has 110 heavy (non-hydrogen) atoms. The molecule has 0 spiro atoms. The summed E-state index contributed by atoms with van der Waals surface area (Å²) in [5.41, 5.74) is 4.74. The predicted octanol–water partition coefficient (Wildman–Crippen LogP) is 11.9. The van der Waals surface area contributed by atoms with Gasteiger partial charge in [-0.3, -0.25) is 38.2 Å². The van der Waals surface area contributed by atoms with Gasteiger partial charge in [-0.2, -0.15) is 0 Å². The van der Waals surface area contributed by atoms with Crippen LogP contribution >= 0.6 is 34.3 Å². The molecule has 7 N–H and O–H groups in total. The molecular formula is C81H93ClN12O12S4. The molecular weight excluding hydrogens is 1500 g/mol. The van der Waals surface area contributed by atoms with E-state index in [2.05, 4.69) is 46.8 Å². The van der Waals surface area contributed by atoms with Crippen molar-refractivity contribution in [1.29, 1.82) is 0 Å². The molecule has 0 bridgehead atoms. The number of unbranched alkanes of at least 4 members (excludes halogenated alkanes) is 3. The van der Waals surface area contributed by atoms with E-state index < -0.39 is 89.2 Å². The van der Waals surface area contributed by atoms with Crippen LogP contribution in [0.1, 0.15) is 129 Å². The van der Waals surface area contributed by atoms with Gasteiger partial charge in [-0.1, -0.05) is 134 Å². The van der Waals surface area contributed by atoms with Crippen molar-refractivity contribution in [2.45, 2.75) is 181 Å². The number of amides is 6. The first-order valence-corrected chi connectivity index (χ1v) is 42.9. The number of fused-ring (bicyclic) bond motifs is 4. The van der Waals surface area contributed by atoms with E-state index in [0.717, 1.165) is 94.7 Å². The van der Waals surface area contributed by atoms with Crippen LogP contribution in [0.5, 0.6) is 5.88 Å². The molecule has 6 amide bonds. The maximum atomic E-state index is 14.4. The van der Waals surface area contributed by atoms with Crippen molar-refractivity contribution < 1.29 is 55.4 Å². The van der Waals surface area contributed by atoms with Gasteiger partial charge in [-0.25, -0.2) is 36.8 Å². The lowest BCUT2D eigenvalue weighted by Gasteiger charge is -2.30. The van der Waals surface area contributed by atoms with Crippen molar-refractivity contribution in [3.8, 4) is 27.0 Å². The van der Waals surface area contributed by atoms with Crippen molar-refractivity contribution in [2.75, 3.05) is 30.8 Å². The van der Waals surface area contributed by atoms with Crippen LogP contribution in [0.2, 0.25) is 5.15 Å². The Bertz CT molecular complexity index is 4940. The Morgan fingerprint density at radius 2 is 1.31 bits per heavy atom. The predicted molar refractivity (Wildman–Crippen MR) is 428 cm³/mol. The summed E-state index contributed by atoms with van der Waals surface area (Å²) in [7, 11) is -5.93. The Balaban J connectivity index is 0.000000166. The second kappa shape index (κ2) is 34.2. The molecule has 3 aliphatic heterocycles. The van der Waals surface area contributed by atoms with Crippen LogP contribution in [0.15, 0.2) is 169 Å². The number of nitrogens with one attached hydrogen (secondary N) is 6. The number of sulfonamides is 2. The number of carbonyl (C=O) groups is 6. The number of nitrogens with zero attached hydrogens (tertiary/aromatic N) is 6. The average molecular weight is 1590 g/mol. The number of likely N-dealkylation sites (N-methyl/N-ethyl adjacent to an activating group) is 1. The number of carbonyl (C=O) groups excluding carboxylic acids is 6. The van der Waals surface area contributed by atoms with Crippen molar-refractivity contribution in [3.05, 3.63) is 174 Å². The van der Waals surface area contributed by atoms with Crippen LogP contribution in [-0.2, 0) is 48.8 Å². The number of aliphatic hydroxyl groups is 1. The van der Waals surface area contributed by atoms with Gasteiger partial charge in [-0.05, 0) is 168 Å². The van der Waals surface area contributed by atoms with E-state index in [1.165, 1.54) is 4.90 Å². The van der Waals surface area contributed by atoms with Crippen molar-refractivity contribution in [1.82, 2.24) is 49.8 Å². The largest absolute Gasteiger partial charge is 0.471 e. The Kier molecular flexibility index (Phi) is 24.5. The molecule has 0 unspecified atom stereocenters. The van der Waals surface area contributed by atoms with Crippen molar-refractivity contribution in [3.63, 3.8) is 0 Å². The minimum Gasteiger partial charge on any atom is -0.471 e. The first-order valence-electron chi connectivity index (χ1n) is 37.8. The summed E-state index contributed by atoms with van der Waals surface area (Å²) in [6.07, 6.45) is 18.0. The summed E-state index contributed by atoms with van der Waals surface area (Å²) < 4.78 is 59.7. The first kappa shape index (κ1) is 78.9. The van der Waals surface area contributed by atoms with Gasteiger partial charge >= 0.3 is 0 Å². The standard InChI is InChI=1S/C41H48N6O6S2.C28H38N4O6S.C12H7ClN2S/c1-41(21-22-41)55(51,52)46-37(48)30-24-27(30)14-7-4-3-5-10-19-33(43-28-15-8-6-9-16-28)40(50)47-26-29(25-34(47)38(49)42-2)53-39-36(35-20-13-23-54-35)44-31-17-11-12-18-32(31)45-39;1-27(14-15-27)39(37,38)31-26(36)28-17-19(28)10-6-3-2-4-9-13-22(29-20-11-7-5-8-12-20)25(35)32-18-21(33)16-23(32)24(34)30-28;13-12-11(10-6-3-7-16-10)14-8-4-1-2-5-9(8)15-12/h6-9,11-18,20,23,27,29-30,33-34,43H,3-5,10,19,21-22,24-26H2,1-2H3,(H,42,49)(H,46,48);5-8,10-12,19,21-23,29,33H,2-4,9,13-18H2,1H3,(H,30,34)(H,31,36);1-7H/b14-7-;10-6-;/t27-,29-,30+,33+,34+;19-,21-,22+,23+,28-;/m11./s1. The fourth-order valence-corrected chi connectivity index (χ4v) is 18.6. The highest BCUT2D eigenvalue weighted by molar-refractivity contribution is 7.92. The smallest absolute Gasteiger partial charge is 0.259 e. The molecule has 4 aromatic heterocycles. The molecule has 6 fully saturated rings. The fourth-order valence-electron chi connectivity index (χ4n) is 14.3. The maximum Gasteiger partial charge on any atom is 0.259 e. The van der Waals surface area contributed by atoms with Gasteiger partial charge in [0, 0.05) is 49.6 Å². The number of allylic oxidation sites excluding steroid dienone is 3. The molecule has 7 aliphatic rings. The van der Waals surface area contributed by atoms with E-state index in [1.54, 1.807) is 48.5 Å². The number of para-hydroxylation sites is 6. The normalized spacial score (nSPS) is 24.4. The highest BCUT2D eigenvalue weighted by Crippen LogP contribution is 2.49. The zero-order valence-electron chi connectivity index (χ0n) is 61.6. The highest BCUT2D eigenvalue weighted by Gasteiger charge is 2.63. The van der Waals surface area contributed by atoms with Crippen LogP contribution < -0.4 is 35.4 Å². The van der Waals surface area contributed by atoms with Crippen LogP contribution in [0.3, 0.4) is 0 Å². The SMILES string of the molecule is CC1(S(=O)(=O)NC(=O)[C@@]23C[C@H]2/C=C\CCCCC[C@H](Nc2ccccc2)C(=O)N2C[C@H](O)C[C@H]2C(=O)N3)CC1.CNC(=O)[C@@H]1C[C@@H](Oc2nc3ccccc3nc2-c2cccs2)CN1C(=O)[C@H](CCCCC/C=C\[C@@H]1C[C@@H]1C(=O)NS(=O)(=O)C1(C)CC1)Nc1ccccc1.Clc1nc2ccccc2nc1-c1cccs1. The molecule has 24 nitrogen and oxygen atoms in total. The van der Waals surface area contributed by atoms with E-state index in [9.17, 15) is 50.7 Å². The third kappa shape index (κ3) is 18.7. The highest BCUT2D eigenvalue weighted by atomic mass is 35.5. The average Bonchev–Trinajstić information content (AvgIpc) is 1.57. The zero-order chi connectivity index (χ0) is 77.4. The number of rotatable bonds is 23. The second-order valence-corrected chi connectivity index (χ2v) is 36.7. The number of halogens is 1. The van der Waals surface area contributed by atoms with Gasteiger partial charge in [-0.15, -0.1) is 22.7 Å². The summed E-state index contributed by atoms with van der Waals surface area (Å²) in [5.74, 6) is -2.60. The van der Waals surface area contributed by atoms with Crippen LogP contribution in [-0.4, -0.2) is 159 Å². The summed E-state index contributed by atoms with van der Waals surface area (Å²) in [5, 5.41) is 27.2. The molecule has 7 heterocycles. The number of benzene rings is 4. The van der Waals surface area contributed by atoms with Gasteiger partial charge in [0.05, 0.1) is 54.0 Å². The van der Waals surface area contributed by atoms with E-state index in [1.807, 2.05) is 162 Å². The Hall–Kier alpha value is -9.19.